The predicted octanol–water partition coefficient (Wildman–Crippen LogP) is 1.21. The van der Waals surface area contributed by atoms with Crippen molar-refractivity contribution in [2.75, 3.05) is 13.6 Å². The molecule has 2 bridgehead atoms. The second-order valence-corrected chi connectivity index (χ2v) is 10.7. The number of likely N-dealkylation sites (tertiary alicyclic amines) is 1. The Kier molecular flexibility index (Phi) is 6.26. The van der Waals surface area contributed by atoms with Crippen LogP contribution in [0.4, 0.5) is 0 Å². The first kappa shape index (κ1) is 26.2. The van der Waals surface area contributed by atoms with Gasteiger partial charge in [-0.1, -0.05) is 6.07 Å². The summed E-state index contributed by atoms with van der Waals surface area (Å²) in [6, 6.07) is 3.16. The van der Waals surface area contributed by atoms with Crippen LogP contribution in [-0.2, 0) is 40.5 Å². The summed E-state index contributed by atoms with van der Waals surface area (Å²) in [4.78, 5) is 50.6. The number of benzene rings is 1. The van der Waals surface area contributed by atoms with Gasteiger partial charge in [0, 0.05) is 31.4 Å². The van der Waals surface area contributed by atoms with Crippen molar-refractivity contribution in [2.45, 2.75) is 75.2 Å². The molecule has 0 aromatic heterocycles. The number of nitrogens with zero attached hydrogens (tertiary/aromatic N) is 1. The number of hydrogen-bond donors (Lipinski definition) is 3. The van der Waals surface area contributed by atoms with Crippen LogP contribution in [0.25, 0.3) is 0 Å². The van der Waals surface area contributed by atoms with Gasteiger partial charge >= 0.3 is 17.9 Å². The molecule has 2 aliphatic heterocycles. The van der Waals surface area contributed by atoms with Gasteiger partial charge in [-0.05, 0) is 51.1 Å². The molecule has 3 N–H and O–H groups in total. The molecule has 5 rings (SSSR count). The Morgan fingerprint density at radius 3 is 2.66 bits per heavy atom. The Morgan fingerprint density at radius 1 is 1.24 bits per heavy atom. The van der Waals surface area contributed by atoms with Crippen LogP contribution in [0.1, 0.15) is 50.7 Å². The van der Waals surface area contributed by atoms with E-state index < -0.39 is 65.7 Å². The minimum Gasteiger partial charge on any atom is -0.504 e. The number of phenolic OH excluding ortho intramolecular Hbond substituents is 1. The fourth-order valence-electron chi connectivity index (χ4n) is 6.81. The quantitative estimate of drug-likeness (QED) is 0.415. The van der Waals surface area contributed by atoms with E-state index in [4.69, 9.17) is 14.2 Å². The highest BCUT2D eigenvalue weighted by Crippen LogP contribution is 2.65. The van der Waals surface area contributed by atoms with E-state index in [1.807, 2.05) is 13.1 Å². The Morgan fingerprint density at radius 2 is 1.97 bits per heavy atom. The van der Waals surface area contributed by atoms with Crippen LogP contribution < -0.4 is 4.74 Å². The van der Waals surface area contributed by atoms with E-state index in [1.165, 1.54) is 6.92 Å². The van der Waals surface area contributed by atoms with Crippen molar-refractivity contribution < 1.29 is 48.7 Å². The number of hydrogen-bond acceptors (Lipinski definition) is 10. The van der Waals surface area contributed by atoms with Gasteiger partial charge in [-0.25, -0.2) is 0 Å². The number of rotatable bonds is 8. The SMILES string of the molecule is CC(=O)O[C@@H](C)C(=O)C[C@@H](CC(=O)O)C(=O)OC1=CC[C@]2(O)[C@@H]3Cc4ccc(O)c5c4[C@]2(CCN3C)[C@@H]1O5. The van der Waals surface area contributed by atoms with E-state index in [1.54, 1.807) is 12.1 Å². The number of carbonyl (C=O) groups is 4. The van der Waals surface area contributed by atoms with Crippen molar-refractivity contribution in [2.24, 2.45) is 5.92 Å². The van der Waals surface area contributed by atoms with Gasteiger partial charge in [-0.3, -0.25) is 19.2 Å². The maximum Gasteiger partial charge on any atom is 0.315 e. The number of ether oxygens (including phenoxy) is 3. The average molecular weight is 530 g/mol. The fourth-order valence-corrected chi connectivity index (χ4v) is 6.81. The highest BCUT2D eigenvalue weighted by Gasteiger charge is 2.72. The van der Waals surface area contributed by atoms with E-state index in [0.717, 1.165) is 18.1 Å². The van der Waals surface area contributed by atoms with Crippen molar-refractivity contribution in [3.05, 3.63) is 35.1 Å². The molecule has 2 heterocycles. The van der Waals surface area contributed by atoms with E-state index in [2.05, 4.69) is 4.90 Å². The van der Waals surface area contributed by atoms with E-state index in [0.29, 0.717) is 19.4 Å². The molecular formula is C27H31NO10. The summed E-state index contributed by atoms with van der Waals surface area (Å²) in [5.74, 6) is -4.56. The Labute approximate surface area is 219 Å². The molecule has 6 atom stereocenters. The first-order valence-corrected chi connectivity index (χ1v) is 12.7. The maximum atomic E-state index is 13.3. The summed E-state index contributed by atoms with van der Waals surface area (Å²) in [6.07, 6.45) is -0.436. The summed E-state index contributed by atoms with van der Waals surface area (Å²) in [7, 11) is 1.95. The summed E-state index contributed by atoms with van der Waals surface area (Å²) in [6.45, 7) is 3.14. The molecule has 11 nitrogen and oxygen atoms in total. The Balaban J connectivity index is 1.46. The lowest BCUT2D eigenvalue weighted by Gasteiger charge is -2.61. The molecule has 2 aliphatic carbocycles. The number of ketones is 1. The number of aliphatic hydroxyl groups is 1. The molecule has 0 amide bonds. The highest BCUT2D eigenvalue weighted by atomic mass is 16.6. The van der Waals surface area contributed by atoms with Crippen LogP contribution in [0.2, 0.25) is 0 Å². The minimum absolute atomic E-state index is 0.0771. The van der Waals surface area contributed by atoms with Gasteiger partial charge in [-0.15, -0.1) is 0 Å². The molecule has 0 saturated carbocycles. The second kappa shape index (κ2) is 9.09. The molecule has 1 aromatic rings. The molecule has 11 heteroatoms. The number of likely N-dealkylation sites (N-methyl/N-ethyl adjacent to an activating group) is 1. The monoisotopic (exact) mass is 529 g/mol. The lowest BCUT2D eigenvalue weighted by Crippen LogP contribution is -2.74. The first-order chi connectivity index (χ1) is 17.9. The number of carboxylic acid groups (broad SMARTS) is 1. The zero-order chi connectivity index (χ0) is 27.6. The van der Waals surface area contributed by atoms with E-state index in [-0.39, 0.29) is 29.7 Å². The van der Waals surface area contributed by atoms with Crippen LogP contribution in [0, 0.1) is 5.92 Å². The molecule has 0 unspecified atom stereocenters. The molecule has 1 saturated heterocycles. The lowest BCUT2D eigenvalue weighted by atomic mass is 9.50. The number of Topliss-reactive ketones (excluding diaryl/α,β-unsaturated/α-hetero) is 1. The summed E-state index contributed by atoms with van der Waals surface area (Å²) in [5, 5.41) is 32.2. The normalized spacial score (nSPS) is 30.3. The number of aliphatic carboxylic acids is 1. The van der Waals surface area contributed by atoms with E-state index in [9.17, 15) is 34.5 Å². The second-order valence-electron chi connectivity index (χ2n) is 10.7. The minimum atomic E-state index is -1.33. The van der Waals surface area contributed by atoms with Gasteiger partial charge in [0.2, 0.25) is 0 Å². The van der Waals surface area contributed by atoms with Gasteiger partial charge in [-0.2, -0.15) is 0 Å². The zero-order valence-electron chi connectivity index (χ0n) is 21.4. The van der Waals surface area contributed by atoms with Crippen LogP contribution in [-0.4, -0.2) is 81.4 Å². The maximum absolute atomic E-state index is 13.3. The lowest BCUT2D eigenvalue weighted by molar-refractivity contribution is -0.171. The van der Waals surface area contributed by atoms with Crippen molar-refractivity contribution in [1.82, 2.24) is 4.90 Å². The number of phenols is 1. The van der Waals surface area contributed by atoms with Crippen LogP contribution in [0.5, 0.6) is 11.5 Å². The van der Waals surface area contributed by atoms with Crippen molar-refractivity contribution in [3.8, 4) is 11.5 Å². The number of esters is 2. The van der Waals surface area contributed by atoms with Crippen molar-refractivity contribution in [1.29, 1.82) is 0 Å². The van der Waals surface area contributed by atoms with Crippen molar-refractivity contribution in [3.63, 3.8) is 0 Å². The molecule has 204 valence electrons. The number of aromatic hydroxyl groups is 1. The molecule has 0 radical (unpaired) electrons. The summed E-state index contributed by atoms with van der Waals surface area (Å²) >= 11 is 0. The fraction of sp³-hybridized carbons (Fsp3) is 0.556. The molecule has 1 spiro atoms. The average Bonchev–Trinajstić information content (AvgIpc) is 3.19. The summed E-state index contributed by atoms with van der Waals surface area (Å²) < 4.78 is 16.8. The third kappa shape index (κ3) is 3.79. The highest BCUT2D eigenvalue weighted by molar-refractivity contribution is 5.90. The molecule has 38 heavy (non-hydrogen) atoms. The van der Waals surface area contributed by atoms with Gasteiger partial charge < -0.3 is 34.4 Å². The van der Waals surface area contributed by atoms with Gasteiger partial charge in [0.25, 0.3) is 0 Å². The Hall–Kier alpha value is -3.44. The number of carbonyl (C=O) groups excluding carboxylic acids is 3. The summed E-state index contributed by atoms with van der Waals surface area (Å²) in [5.41, 5.74) is -0.549. The smallest absolute Gasteiger partial charge is 0.315 e. The standard InChI is InChI=1S/C27H31NO10/c1-13(36-14(2)29)18(31)10-16(12-21(32)33)25(34)37-19-6-7-27(35)20-11-15-4-5-17(30)23-22(15)26(27,24(19)38-23)8-9-28(20)3/h4-6,13,16,20,24,30,35H,7-12H2,1-3H3,(H,32,33)/t13-,16-,20-,24+,26+,27-/m0/s1. The van der Waals surface area contributed by atoms with Gasteiger partial charge in [0.1, 0.15) is 5.76 Å². The third-order valence-corrected chi connectivity index (χ3v) is 8.57. The third-order valence-electron chi connectivity index (χ3n) is 8.57. The van der Waals surface area contributed by atoms with Crippen LogP contribution >= 0.6 is 0 Å². The largest absolute Gasteiger partial charge is 0.504 e. The molecule has 4 aliphatic rings. The predicted molar refractivity (Wildman–Crippen MR) is 129 cm³/mol. The van der Waals surface area contributed by atoms with Crippen molar-refractivity contribution >= 4 is 23.7 Å². The van der Waals surface area contributed by atoms with Gasteiger partial charge in [0.05, 0.1) is 23.4 Å². The van der Waals surface area contributed by atoms with E-state index >= 15 is 0 Å². The number of piperidine rings is 1. The first-order valence-electron chi connectivity index (χ1n) is 12.7. The van der Waals surface area contributed by atoms with Gasteiger partial charge in [0.15, 0.2) is 29.5 Å². The Bertz CT molecular complexity index is 1260. The molecule has 1 aromatic carbocycles. The van der Waals surface area contributed by atoms with Crippen LogP contribution in [0.15, 0.2) is 24.0 Å². The number of carboxylic acids is 1. The molecular weight excluding hydrogens is 498 g/mol. The zero-order valence-corrected chi connectivity index (χ0v) is 21.4. The molecule has 1 fully saturated rings. The topological polar surface area (TPSA) is 160 Å². The van der Waals surface area contributed by atoms with Crippen LogP contribution in [0.3, 0.4) is 0 Å².